The third kappa shape index (κ3) is 5.03. The Morgan fingerprint density at radius 3 is 2.60 bits per heavy atom. The summed E-state index contributed by atoms with van der Waals surface area (Å²) in [5.74, 6) is 0.469. The van der Waals surface area contributed by atoms with Crippen molar-refractivity contribution in [3.63, 3.8) is 0 Å². The lowest BCUT2D eigenvalue weighted by atomic mass is 9.96. The van der Waals surface area contributed by atoms with Gasteiger partial charge in [0.05, 0.1) is 6.54 Å². The van der Waals surface area contributed by atoms with Crippen LogP contribution >= 0.6 is 11.3 Å². The first kappa shape index (κ1) is 17.4. The molecule has 0 atom stereocenters. The van der Waals surface area contributed by atoms with Crippen LogP contribution in [-0.2, 0) is 6.54 Å². The molecular weight excluding hydrogens is 336 g/mol. The number of piperidine rings is 1. The number of carbonyl (C=O) groups is 2. The molecule has 0 radical (unpaired) electrons. The first-order valence-electron chi connectivity index (χ1n) is 8.46. The Labute approximate surface area is 151 Å². The molecule has 3 amide bonds. The minimum atomic E-state index is -0.135. The predicted octanol–water partition coefficient (Wildman–Crippen LogP) is 2.49. The van der Waals surface area contributed by atoms with E-state index < -0.39 is 0 Å². The molecule has 0 aliphatic carbocycles. The van der Waals surface area contributed by atoms with E-state index >= 15 is 0 Å². The summed E-state index contributed by atoms with van der Waals surface area (Å²) in [5.41, 5.74) is 0.680. The van der Waals surface area contributed by atoms with Gasteiger partial charge >= 0.3 is 6.03 Å². The number of amides is 3. The highest BCUT2D eigenvalue weighted by Gasteiger charge is 2.23. The highest BCUT2D eigenvalue weighted by atomic mass is 32.1. The van der Waals surface area contributed by atoms with E-state index in [0.717, 1.165) is 30.8 Å². The molecule has 2 aromatic rings. The number of hydrogen-bond acceptors (Lipinski definition) is 4. The lowest BCUT2D eigenvalue weighted by Gasteiger charge is -2.32. The van der Waals surface area contributed by atoms with Gasteiger partial charge in [0, 0.05) is 42.5 Å². The zero-order chi connectivity index (χ0) is 17.5. The van der Waals surface area contributed by atoms with Gasteiger partial charge in [-0.1, -0.05) is 6.07 Å². The highest BCUT2D eigenvalue weighted by Crippen LogP contribution is 2.18. The molecule has 0 spiro atoms. The van der Waals surface area contributed by atoms with Crippen LogP contribution in [0.15, 0.2) is 42.0 Å². The highest BCUT2D eigenvalue weighted by molar-refractivity contribution is 7.09. The number of urea groups is 1. The second kappa shape index (κ2) is 8.62. The van der Waals surface area contributed by atoms with Gasteiger partial charge in [-0.2, -0.15) is 0 Å². The van der Waals surface area contributed by atoms with Gasteiger partial charge < -0.3 is 15.5 Å². The van der Waals surface area contributed by atoms with Crippen LogP contribution in [0.25, 0.3) is 0 Å². The Kier molecular flexibility index (Phi) is 6.00. The fourth-order valence-electron chi connectivity index (χ4n) is 2.90. The molecule has 25 heavy (non-hydrogen) atoms. The third-order valence-electron chi connectivity index (χ3n) is 4.38. The number of nitrogens with zero attached hydrogens (tertiary/aromatic N) is 2. The monoisotopic (exact) mass is 358 g/mol. The van der Waals surface area contributed by atoms with Gasteiger partial charge in [0.2, 0.25) is 0 Å². The second-order valence-electron chi connectivity index (χ2n) is 6.11. The van der Waals surface area contributed by atoms with E-state index in [2.05, 4.69) is 15.6 Å². The topological polar surface area (TPSA) is 74.3 Å². The van der Waals surface area contributed by atoms with Gasteiger partial charge in [-0.05, 0) is 42.3 Å². The molecule has 0 unspecified atom stereocenters. The lowest BCUT2D eigenvalue weighted by Crippen LogP contribution is -2.43. The molecule has 0 saturated carbocycles. The van der Waals surface area contributed by atoms with Crippen molar-refractivity contribution in [3.05, 3.63) is 52.5 Å². The Bertz CT molecular complexity index is 682. The fraction of sp³-hybridized carbons (Fsp3) is 0.389. The number of hydrogen-bond donors (Lipinski definition) is 2. The molecule has 6 nitrogen and oxygen atoms in total. The van der Waals surface area contributed by atoms with E-state index in [1.165, 1.54) is 0 Å². The van der Waals surface area contributed by atoms with Gasteiger partial charge in [0.1, 0.15) is 0 Å². The van der Waals surface area contributed by atoms with E-state index in [1.54, 1.807) is 35.9 Å². The molecule has 1 aliphatic rings. The fourth-order valence-corrected chi connectivity index (χ4v) is 3.54. The van der Waals surface area contributed by atoms with Crippen LogP contribution in [0.4, 0.5) is 4.79 Å². The summed E-state index contributed by atoms with van der Waals surface area (Å²) in [6.45, 7) is 2.66. The standard InChI is InChI=1S/C18H22N4O2S/c23-17(15-3-7-19-8-4-15)22-9-5-14(6-10-22)12-20-18(24)21-13-16-2-1-11-25-16/h1-4,7-8,11,14H,5-6,9-10,12-13H2,(H2,20,21,24). The van der Waals surface area contributed by atoms with Crippen molar-refractivity contribution in [2.45, 2.75) is 19.4 Å². The number of nitrogens with one attached hydrogen (secondary N) is 2. The van der Waals surface area contributed by atoms with E-state index in [-0.39, 0.29) is 11.9 Å². The van der Waals surface area contributed by atoms with Crippen LogP contribution in [0.3, 0.4) is 0 Å². The van der Waals surface area contributed by atoms with Crippen LogP contribution in [0.1, 0.15) is 28.1 Å². The first-order valence-corrected chi connectivity index (χ1v) is 9.33. The van der Waals surface area contributed by atoms with Crippen molar-refractivity contribution in [3.8, 4) is 0 Å². The zero-order valence-electron chi connectivity index (χ0n) is 14.0. The number of likely N-dealkylation sites (tertiary alicyclic amines) is 1. The second-order valence-corrected chi connectivity index (χ2v) is 7.15. The van der Waals surface area contributed by atoms with Crippen LogP contribution in [0.2, 0.25) is 0 Å². The maximum atomic E-state index is 12.4. The number of rotatable bonds is 5. The average molecular weight is 358 g/mol. The zero-order valence-corrected chi connectivity index (χ0v) is 14.8. The molecule has 3 rings (SSSR count). The number of carbonyl (C=O) groups excluding carboxylic acids is 2. The summed E-state index contributed by atoms with van der Waals surface area (Å²) in [7, 11) is 0. The number of pyridine rings is 1. The first-order chi connectivity index (χ1) is 12.2. The van der Waals surface area contributed by atoms with Crippen molar-refractivity contribution in [2.24, 2.45) is 5.92 Å². The SMILES string of the molecule is O=C(NCc1cccs1)NCC1CCN(C(=O)c2ccncc2)CC1. The van der Waals surface area contributed by atoms with Crippen LogP contribution in [0.5, 0.6) is 0 Å². The van der Waals surface area contributed by atoms with Gasteiger partial charge in [-0.3, -0.25) is 9.78 Å². The summed E-state index contributed by atoms with van der Waals surface area (Å²) in [4.78, 5) is 31.2. The van der Waals surface area contributed by atoms with E-state index in [1.807, 2.05) is 22.4 Å². The minimum Gasteiger partial charge on any atom is -0.339 e. The molecule has 1 fully saturated rings. The molecule has 0 aromatic carbocycles. The van der Waals surface area contributed by atoms with Crippen molar-refractivity contribution in [1.82, 2.24) is 20.5 Å². The van der Waals surface area contributed by atoms with E-state index in [9.17, 15) is 9.59 Å². The largest absolute Gasteiger partial charge is 0.339 e. The Balaban J connectivity index is 1.36. The molecular formula is C18H22N4O2S. The maximum Gasteiger partial charge on any atom is 0.315 e. The van der Waals surface area contributed by atoms with Crippen LogP contribution in [0, 0.1) is 5.92 Å². The lowest BCUT2D eigenvalue weighted by molar-refractivity contribution is 0.0690. The number of thiophene rings is 1. The molecule has 0 bridgehead atoms. The van der Waals surface area contributed by atoms with Gasteiger partial charge in [0.15, 0.2) is 0 Å². The van der Waals surface area contributed by atoms with Crippen molar-refractivity contribution in [2.75, 3.05) is 19.6 Å². The minimum absolute atomic E-state index is 0.0579. The van der Waals surface area contributed by atoms with Crippen molar-refractivity contribution in [1.29, 1.82) is 0 Å². The molecule has 2 aromatic heterocycles. The quantitative estimate of drug-likeness (QED) is 0.862. The third-order valence-corrected chi connectivity index (χ3v) is 5.26. The van der Waals surface area contributed by atoms with Gasteiger partial charge in [-0.25, -0.2) is 4.79 Å². The average Bonchev–Trinajstić information content (AvgIpc) is 3.19. The molecule has 2 N–H and O–H groups in total. The molecule has 1 saturated heterocycles. The summed E-state index contributed by atoms with van der Waals surface area (Å²) in [6.07, 6.45) is 5.08. The summed E-state index contributed by atoms with van der Waals surface area (Å²) < 4.78 is 0. The molecule has 1 aliphatic heterocycles. The van der Waals surface area contributed by atoms with Crippen molar-refractivity contribution < 1.29 is 9.59 Å². The smallest absolute Gasteiger partial charge is 0.315 e. The normalized spacial score (nSPS) is 15.0. The Hall–Kier alpha value is -2.41. The van der Waals surface area contributed by atoms with E-state index in [0.29, 0.717) is 24.6 Å². The predicted molar refractivity (Wildman–Crippen MR) is 97.4 cm³/mol. The van der Waals surface area contributed by atoms with Crippen LogP contribution in [-0.4, -0.2) is 41.5 Å². The maximum absolute atomic E-state index is 12.4. The van der Waals surface area contributed by atoms with Crippen LogP contribution < -0.4 is 10.6 Å². The summed E-state index contributed by atoms with van der Waals surface area (Å²) >= 11 is 1.63. The molecule has 3 heterocycles. The molecule has 7 heteroatoms. The van der Waals surface area contributed by atoms with Gasteiger partial charge in [-0.15, -0.1) is 11.3 Å². The van der Waals surface area contributed by atoms with E-state index in [4.69, 9.17) is 0 Å². The molecule has 132 valence electrons. The Morgan fingerprint density at radius 2 is 1.92 bits per heavy atom. The van der Waals surface area contributed by atoms with Gasteiger partial charge in [0.25, 0.3) is 5.91 Å². The Morgan fingerprint density at radius 1 is 1.16 bits per heavy atom. The summed E-state index contributed by atoms with van der Waals surface area (Å²) in [6, 6.07) is 7.33. The number of aromatic nitrogens is 1. The van der Waals surface area contributed by atoms with Crippen molar-refractivity contribution >= 4 is 23.3 Å². The summed E-state index contributed by atoms with van der Waals surface area (Å²) in [5, 5.41) is 7.79.